The van der Waals surface area contributed by atoms with Gasteiger partial charge in [0, 0.05) is 53.8 Å². The molecule has 0 aliphatic heterocycles. The standard InChI is InChI=1S/C15H24N2O3/c1-14(2,3)16(18)11-8-12(10-13(9-11)20-7)17(19)15(4,5)6/h8-10H,1-7H3. The van der Waals surface area contributed by atoms with Gasteiger partial charge in [-0.2, -0.15) is 0 Å². The molecular formula is C15H24N2O3. The number of hydroxylamine groups is 1. The van der Waals surface area contributed by atoms with Crippen molar-refractivity contribution in [2.75, 3.05) is 12.2 Å². The van der Waals surface area contributed by atoms with Gasteiger partial charge in [0.05, 0.1) is 13.2 Å². The molecule has 0 atom stereocenters. The lowest BCUT2D eigenvalue weighted by molar-refractivity contribution is -0.540. The molecule has 1 aromatic rings. The Balaban J connectivity index is 3.33. The second-order valence-electron chi connectivity index (χ2n) is 6.82. The SMILES string of the molecule is COc1cc(N([O-])C(C)(C)C)cc([N+](=O)C(C)(C)C)c1. The summed E-state index contributed by atoms with van der Waals surface area (Å²) >= 11 is 0. The minimum atomic E-state index is -0.584. The molecule has 0 aromatic heterocycles. The molecule has 20 heavy (non-hydrogen) atoms. The van der Waals surface area contributed by atoms with Crippen LogP contribution in [0, 0.1) is 10.1 Å². The Morgan fingerprint density at radius 1 is 1.10 bits per heavy atom. The third-order valence-corrected chi connectivity index (χ3v) is 2.80. The monoisotopic (exact) mass is 280 g/mol. The van der Waals surface area contributed by atoms with Gasteiger partial charge >= 0.3 is 0 Å². The molecule has 0 N–H and O–H groups in total. The van der Waals surface area contributed by atoms with Crippen molar-refractivity contribution in [3.05, 3.63) is 28.3 Å². The van der Waals surface area contributed by atoms with Gasteiger partial charge in [0.1, 0.15) is 5.75 Å². The predicted octanol–water partition coefficient (Wildman–Crippen LogP) is 4.01. The molecule has 0 saturated heterocycles. The molecule has 5 nitrogen and oxygen atoms in total. The van der Waals surface area contributed by atoms with Gasteiger partial charge in [0.2, 0.25) is 5.54 Å². The molecule has 0 unspecified atom stereocenters. The Labute approximate surface area is 120 Å². The molecule has 0 fully saturated rings. The summed E-state index contributed by atoms with van der Waals surface area (Å²) in [6.07, 6.45) is 0. The highest BCUT2D eigenvalue weighted by Gasteiger charge is 2.32. The molecule has 0 heterocycles. The molecule has 5 heteroatoms. The summed E-state index contributed by atoms with van der Waals surface area (Å²) in [5.41, 5.74) is -0.341. The number of nitrogens with zero attached hydrogens (tertiary/aromatic N) is 2. The number of nitroso groups, excluding NO2 is 1. The maximum atomic E-state index is 12.3. The number of rotatable bonds is 3. The van der Waals surface area contributed by atoms with Gasteiger partial charge in [0.25, 0.3) is 5.69 Å². The molecule has 0 aliphatic rings. The van der Waals surface area contributed by atoms with Crippen LogP contribution in [0.4, 0.5) is 11.4 Å². The lowest BCUT2D eigenvalue weighted by Crippen LogP contribution is -2.36. The van der Waals surface area contributed by atoms with Crippen molar-refractivity contribution in [1.82, 2.24) is 0 Å². The number of methoxy groups -OCH3 is 1. The van der Waals surface area contributed by atoms with Crippen LogP contribution in [-0.4, -0.2) is 22.9 Å². The van der Waals surface area contributed by atoms with E-state index in [1.807, 2.05) is 41.5 Å². The lowest BCUT2D eigenvalue weighted by atomic mass is 10.1. The zero-order chi connectivity index (χ0) is 15.7. The number of benzene rings is 1. The van der Waals surface area contributed by atoms with Crippen molar-refractivity contribution in [2.24, 2.45) is 0 Å². The number of hydrogen-bond acceptors (Lipinski definition) is 4. The van der Waals surface area contributed by atoms with E-state index in [1.54, 1.807) is 18.2 Å². The molecule has 112 valence electrons. The Kier molecular flexibility index (Phi) is 4.44. The average molecular weight is 280 g/mol. The minimum Gasteiger partial charge on any atom is -0.758 e. The van der Waals surface area contributed by atoms with Crippen molar-refractivity contribution >= 4 is 11.4 Å². The molecule has 0 saturated carbocycles. The maximum absolute atomic E-state index is 12.3. The molecule has 0 amide bonds. The van der Waals surface area contributed by atoms with Crippen LogP contribution in [0.25, 0.3) is 0 Å². The first-order valence-corrected chi connectivity index (χ1v) is 6.60. The highest BCUT2D eigenvalue weighted by molar-refractivity contribution is 5.59. The lowest BCUT2D eigenvalue weighted by Gasteiger charge is -2.43. The van der Waals surface area contributed by atoms with Crippen molar-refractivity contribution in [2.45, 2.75) is 52.6 Å². The van der Waals surface area contributed by atoms with E-state index in [-0.39, 0.29) is 0 Å². The largest absolute Gasteiger partial charge is 0.758 e. The summed E-state index contributed by atoms with van der Waals surface area (Å²) in [6, 6.07) is 4.87. The van der Waals surface area contributed by atoms with Crippen molar-refractivity contribution in [1.29, 1.82) is 0 Å². The number of ether oxygens (including phenoxy) is 1. The fourth-order valence-corrected chi connectivity index (χ4v) is 1.69. The Morgan fingerprint density at radius 2 is 1.65 bits per heavy atom. The first-order valence-electron chi connectivity index (χ1n) is 6.60. The van der Waals surface area contributed by atoms with E-state index >= 15 is 0 Å². The second-order valence-corrected chi connectivity index (χ2v) is 6.82. The van der Waals surface area contributed by atoms with Crippen LogP contribution in [0.5, 0.6) is 5.75 Å². The fourth-order valence-electron chi connectivity index (χ4n) is 1.69. The topological polar surface area (TPSA) is 55.6 Å². The summed E-state index contributed by atoms with van der Waals surface area (Å²) in [4.78, 5) is 12.3. The summed E-state index contributed by atoms with van der Waals surface area (Å²) in [7, 11) is 1.52. The molecular weight excluding hydrogens is 256 g/mol. The van der Waals surface area contributed by atoms with Gasteiger partial charge in [-0.25, -0.2) is 0 Å². The van der Waals surface area contributed by atoms with Gasteiger partial charge in [-0.3, -0.25) is 0 Å². The maximum Gasteiger partial charge on any atom is 0.262 e. The van der Waals surface area contributed by atoms with E-state index in [0.717, 1.165) is 9.82 Å². The van der Waals surface area contributed by atoms with Crippen molar-refractivity contribution < 1.29 is 9.50 Å². The van der Waals surface area contributed by atoms with Gasteiger partial charge in [0.15, 0.2) is 0 Å². The summed E-state index contributed by atoms with van der Waals surface area (Å²) in [5, 5.41) is 13.2. The van der Waals surface area contributed by atoms with Gasteiger partial charge < -0.3 is 15.0 Å². The van der Waals surface area contributed by atoms with Crippen LogP contribution in [0.2, 0.25) is 0 Å². The summed E-state index contributed by atoms with van der Waals surface area (Å²) in [6.45, 7) is 10.9. The fraction of sp³-hybridized carbons (Fsp3) is 0.600. The number of anilines is 1. The van der Waals surface area contributed by atoms with Crippen LogP contribution >= 0.6 is 0 Å². The molecule has 1 aromatic carbocycles. The van der Waals surface area contributed by atoms with Crippen LogP contribution in [-0.2, 0) is 0 Å². The van der Waals surface area contributed by atoms with Crippen LogP contribution in [0.1, 0.15) is 41.5 Å². The van der Waals surface area contributed by atoms with E-state index in [1.165, 1.54) is 7.11 Å². The quantitative estimate of drug-likeness (QED) is 0.620. The zero-order valence-electron chi connectivity index (χ0n) is 13.4. The van der Waals surface area contributed by atoms with E-state index in [0.29, 0.717) is 17.1 Å². The normalized spacial score (nSPS) is 12.2. The van der Waals surface area contributed by atoms with E-state index in [4.69, 9.17) is 4.74 Å². The molecule has 0 radical (unpaired) electrons. The van der Waals surface area contributed by atoms with Gasteiger partial charge in [-0.05, 0) is 20.8 Å². The molecule has 0 spiro atoms. The van der Waals surface area contributed by atoms with Crippen LogP contribution in [0.15, 0.2) is 18.2 Å². The van der Waals surface area contributed by atoms with Gasteiger partial charge in [-0.1, -0.05) is 0 Å². The predicted molar refractivity (Wildman–Crippen MR) is 81.6 cm³/mol. The van der Waals surface area contributed by atoms with E-state index in [9.17, 15) is 10.1 Å². The van der Waals surface area contributed by atoms with Crippen molar-refractivity contribution in [3.8, 4) is 5.75 Å². The van der Waals surface area contributed by atoms with Crippen LogP contribution in [0.3, 0.4) is 0 Å². The summed E-state index contributed by atoms with van der Waals surface area (Å²) in [5.74, 6) is 0.493. The van der Waals surface area contributed by atoms with E-state index in [2.05, 4.69) is 0 Å². The Hall–Kier alpha value is -1.62. The number of hydrogen-bond donors (Lipinski definition) is 0. The third-order valence-electron chi connectivity index (χ3n) is 2.80. The molecule has 1 rings (SSSR count). The Morgan fingerprint density at radius 3 is 2.05 bits per heavy atom. The zero-order valence-corrected chi connectivity index (χ0v) is 13.4. The first kappa shape index (κ1) is 16.4. The van der Waals surface area contributed by atoms with Crippen LogP contribution < -0.4 is 9.80 Å². The molecule has 0 bridgehead atoms. The minimum absolute atomic E-state index is 0.414. The average Bonchev–Trinajstić information content (AvgIpc) is 2.34. The second kappa shape index (κ2) is 5.40. The third kappa shape index (κ3) is 3.70. The van der Waals surface area contributed by atoms with Crippen molar-refractivity contribution in [3.63, 3.8) is 0 Å². The highest BCUT2D eigenvalue weighted by atomic mass is 16.5. The Bertz CT molecular complexity index is 499. The highest BCUT2D eigenvalue weighted by Crippen LogP contribution is 2.33. The van der Waals surface area contributed by atoms with E-state index < -0.39 is 11.1 Å². The summed E-state index contributed by atoms with van der Waals surface area (Å²) < 4.78 is 6.07. The van der Waals surface area contributed by atoms with Gasteiger partial charge in [-0.15, -0.1) is 0 Å². The first-order chi connectivity index (χ1) is 8.96. The molecule has 0 aliphatic carbocycles. The smallest absolute Gasteiger partial charge is 0.262 e.